The highest BCUT2D eigenvalue weighted by Crippen LogP contribution is 2.25. The van der Waals surface area contributed by atoms with Gasteiger partial charge in [0, 0.05) is 18.8 Å². The van der Waals surface area contributed by atoms with Crippen molar-refractivity contribution >= 4 is 17.6 Å². The van der Waals surface area contributed by atoms with Crippen LogP contribution < -0.4 is 15.6 Å². The van der Waals surface area contributed by atoms with Crippen LogP contribution >= 0.6 is 0 Å². The van der Waals surface area contributed by atoms with Crippen molar-refractivity contribution in [1.29, 1.82) is 0 Å². The number of nitrogens with zero attached hydrogens (tertiary/aromatic N) is 1. The number of aromatic nitrogens is 1. The molecule has 132 valence electrons. The van der Waals surface area contributed by atoms with Crippen LogP contribution in [0.2, 0.25) is 0 Å². The maximum atomic E-state index is 12.5. The van der Waals surface area contributed by atoms with Crippen molar-refractivity contribution in [3.05, 3.63) is 57.0 Å². The van der Waals surface area contributed by atoms with Crippen molar-refractivity contribution in [2.75, 3.05) is 11.9 Å². The fourth-order valence-corrected chi connectivity index (χ4v) is 2.50. The highest BCUT2D eigenvalue weighted by molar-refractivity contribution is 6.05. The van der Waals surface area contributed by atoms with E-state index < -0.39 is 18.5 Å². The quantitative estimate of drug-likeness (QED) is 0.865. The minimum absolute atomic E-state index is 0.233. The molecule has 0 fully saturated rings. The predicted molar refractivity (Wildman–Crippen MR) is 93.4 cm³/mol. The molecule has 0 aliphatic heterocycles. The van der Waals surface area contributed by atoms with Crippen LogP contribution in [0, 0.1) is 20.8 Å². The molecule has 25 heavy (non-hydrogen) atoms. The molecule has 0 radical (unpaired) electrons. The van der Waals surface area contributed by atoms with Gasteiger partial charge in [0.2, 0.25) is 0 Å². The average Bonchev–Trinajstić information content (AvgIpc) is 2.53. The first-order chi connectivity index (χ1) is 11.7. The van der Waals surface area contributed by atoms with E-state index in [9.17, 15) is 14.4 Å². The smallest absolute Gasteiger partial charge is 0.341 e. The van der Waals surface area contributed by atoms with Crippen molar-refractivity contribution in [2.24, 2.45) is 7.05 Å². The zero-order chi connectivity index (χ0) is 18.7. The van der Waals surface area contributed by atoms with E-state index in [4.69, 9.17) is 9.84 Å². The lowest BCUT2D eigenvalue weighted by molar-refractivity contribution is -0.139. The first kappa shape index (κ1) is 18.3. The number of carboxylic acids is 1. The third-order valence-electron chi connectivity index (χ3n) is 3.78. The molecule has 2 N–H and O–H groups in total. The van der Waals surface area contributed by atoms with Gasteiger partial charge in [-0.3, -0.25) is 9.59 Å². The van der Waals surface area contributed by atoms with Crippen LogP contribution in [-0.4, -0.2) is 28.2 Å². The predicted octanol–water partition coefficient (Wildman–Crippen LogP) is 2.03. The molecule has 1 aromatic carbocycles. The number of ether oxygens (including phenoxy) is 1. The molecule has 0 spiro atoms. The fraction of sp³-hybridized carbons (Fsp3) is 0.278. The summed E-state index contributed by atoms with van der Waals surface area (Å²) in [5, 5.41) is 11.4. The highest BCUT2D eigenvalue weighted by atomic mass is 16.5. The maximum absolute atomic E-state index is 12.5. The molecule has 1 aromatic heterocycles. The minimum atomic E-state index is -1.07. The summed E-state index contributed by atoms with van der Waals surface area (Å²) in [6.45, 7) is 4.75. The SMILES string of the molecule is Cc1cc(C(=O)Nc2c(C)ccn(C)c2=O)cc(C)c1OCC(=O)O. The summed E-state index contributed by atoms with van der Waals surface area (Å²) in [5.74, 6) is -1.05. The Morgan fingerprint density at radius 2 is 1.76 bits per heavy atom. The Labute approximate surface area is 144 Å². The van der Waals surface area contributed by atoms with Crippen LogP contribution in [0.15, 0.2) is 29.2 Å². The summed E-state index contributed by atoms with van der Waals surface area (Å²) >= 11 is 0. The number of aryl methyl sites for hydroxylation is 4. The second-order valence-corrected chi connectivity index (χ2v) is 5.87. The number of hydrogen-bond donors (Lipinski definition) is 2. The van der Waals surface area contributed by atoms with Crippen LogP contribution in [0.1, 0.15) is 27.0 Å². The molecule has 0 bridgehead atoms. The summed E-state index contributed by atoms with van der Waals surface area (Å²) in [4.78, 5) is 35.3. The molecular formula is C18H20N2O5. The number of hydrogen-bond acceptors (Lipinski definition) is 4. The number of amides is 1. The maximum Gasteiger partial charge on any atom is 0.341 e. The van der Waals surface area contributed by atoms with E-state index in [1.54, 1.807) is 52.2 Å². The minimum Gasteiger partial charge on any atom is -0.481 e. The van der Waals surface area contributed by atoms with E-state index in [1.165, 1.54) is 4.57 Å². The Morgan fingerprint density at radius 3 is 2.32 bits per heavy atom. The lowest BCUT2D eigenvalue weighted by Gasteiger charge is -2.14. The van der Waals surface area contributed by atoms with Gasteiger partial charge in [0.1, 0.15) is 11.4 Å². The van der Waals surface area contributed by atoms with E-state index in [2.05, 4.69) is 5.32 Å². The van der Waals surface area contributed by atoms with Gasteiger partial charge in [-0.2, -0.15) is 0 Å². The Kier molecular flexibility index (Phi) is 5.26. The molecule has 2 rings (SSSR count). The standard InChI is InChI=1S/C18H20N2O5/c1-10-5-6-20(4)18(24)15(10)19-17(23)13-7-11(2)16(12(3)8-13)25-9-14(21)22/h5-8H,9H2,1-4H3,(H,19,23)(H,21,22). The zero-order valence-electron chi connectivity index (χ0n) is 14.5. The summed E-state index contributed by atoms with van der Waals surface area (Å²) in [6.07, 6.45) is 1.64. The van der Waals surface area contributed by atoms with Crippen molar-refractivity contribution in [3.63, 3.8) is 0 Å². The van der Waals surface area contributed by atoms with Crippen molar-refractivity contribution in [3.8, 4) is 5.75 Å². The van der Waals surface area contributed by atoms with E-state index in [0.29, 0.717) is 28.0 Å². The van der Waals surface area contributed by atoms with Crippen molar-refractivity contribution < 1.29 is 19.4 Å². The summed E-state index contributed by atoms with van der Waals surface area (Å²) in [5.41, 5.74) is 2.27. The fourth-order valence-electron chi connectivity index (χ4n) is 2.50. The first-order valence-electron chi connectivity index (χ1n) is 7.64. The third-order valence-corrected chi connectivity index (χ3v) is 3.78. The number of carbonyl (C=O) groups excluding carboxylic acids is 1. The van der Waals surface area contributed by atoms with Crippen LogP contribution in [0.3, 0.4) is 0 Å². The number of aliphatic carboxylic acids is 1. The van der Waals surface area contributed by atoms with Gasteiger partial charge in [-0.05, 0) is 55.7 Å². The number of nitrogens with one attached hydrogen (secondary N) is 1. The summed E-state index contributed by atoms with van der Waals surface area (Å²) < 4.78 is 6.64. The van der Waals surface area contributed by atoms with E-state index >= 15 is 0 Å². The third kappa shape index (κ3) is 4.06. The lowest BCUT2D eigenvalue weighted by atomic mass is 10.0. The topological polar surface area (TPSA) is 97.6 Å². The molecular weight excluding hydrogens is 324 g/mol. The Morgan fingerprint density at radius 1 is 1.16 bits per heavy atom. The molecule has 0 aliphatic carbocycles. The van der Waals surface area contributed by atoms with Crippen LogP contribution in [0.4, 0.5) is 5.69 Å². The van der Waals surface area contributed by atoms with E-state index in [1.807, 2.05) is 0 Å². The van der Waals surface area contributed by atoms with Gasteiger partial charge in [0.05, 0.1) is 0 Å². The molecule has 0 saturated heterocycles. The number of benzene rings is 1. The second kappa shape index (κ2) is 7.21. The van der Waals surface area contributed by atoms with Crippen LogP contribution in [0.25, 0.3) is 0 Å². The molecule has 7 heteroatoms. The highest BCUT2D eigenvalue weighted by Gasteiger charge is 2.15. The summed E-state index contributed by atoms with van der Waals surface area (Å²) in [6, 6.07) is 4.95. The Balaban J connectivity index is 2.31. The second-order valence-electron chi connectivity index (χ2n) is 5.87. The Bertz CT molecular complexity index is 876. The van der Waals surface area contributed by atoms with Gasteiger partial charge in [-0.1, -0.05) is 0 Å². The van der Waals surface area contributed by atoms with E-state index in [-0.39, 0.29) is 11.2 Å². The monoisotopic (exact) mass is 344 g/mol. The normalized spacial score (nSPS) is 10.4. The number of pyridine rings is 1. The van der Waals surface area contributed by atoms with Gasteiger partial charge in [-0.25, -0.2) is 4.79 Å². The zero-order valence-corrected chi connectivity index (χ0v) is 14.5. The molecule has 2 aromatic rings. The van der Waals surface area contributed by atoms with Crippen molar-refractivity contribution in [1.82, 2.24) is 4.57 Å². The lowest BCUT2D eigenvalue weighted by Crippen LogP contribution is -2.25. The van der Waals surface area contributed by atoms with Crippen LogP contribution in [0.5, 0.6) is 5.75 Å². The molecule has 0 unspecified atom stereocenters. The molecule has 0 atom stereocenters. The Hall–Kier alpha value is -3.09. The molecule has 1 heterocycles. The van der Waals surface area contributed by atoms with Gasteiger partial charge >= 0.3 is 5.97 Å². The molecule has 7 nitrogen and oxygen atoms in total. The number of carboxylic acid groups (broad SMARTS) is 1. The molecule has 1 amide bonds. The first-order valence-corrected chi connectivity index (χ1v) is 7.64. The van der Waals surface area contributed by atoms with Crippen molar-refractivity contribution in [2.45, 2.75) is 20.8 Å². The van der Waals surface area contributed by atoms with Crippen LogP contribution in [-0.2, 0) is 11.8 Å². The largest absolute Gasteiger partial charge is 0.481 e. The van der Waals surface area contributed by atoms with Gasteiger partial charge in [0.25, 0.3) is 11.5 Å². The number of anilines is 1. The van der Waals surface area contributed by atoms with Gasteiger partial charge in [-0.15, -0.1) is 0 Å². The van der Waals surface area contributed by atoms with Gasteiger partial charge in [0.15, 0.2) is 6.61 Å². The average molecular weight is 344 g/mol. The van der Waals surface area contributed by atoms with Gasteiger partial charge < -0.3 is 19.7 Å². The molecule has 0 saturated carbocycles. The van der Waals surface area contributed by atoms with E-state index in [0.717, 1.165) is 0 Å². The molecule has 0 aliphatic rings. The summed E-state index contributed by atoms with van der Waals surface area (Å²) in [7, 11) is 1.61. The number of carbonyl (C=O) groups is 2. The number of rotatable bonds is 5.